The normalized spacial score (nSPS) is 16.5. The van der Waals surface area contributed by atoms with Crippen LogP contribution >= 0.6 is 0 Å². The van der Waals surface area contributed by atoms with Crippen LogP contribution in [-0.2, 0) is 4.79 Å². The molecular weight excluding hydrogens is 358 g/mol. The van der Waals surface area contributed by atoms with Gasteiger partial charge in [-0.05, 0) is 61.2 Å². The van der Waals surface area contributed by atoms with Gasteiger partial charge in [-0.25, -0.2) is 8.78 Å². The van der Waals surface area contributed by atoms with Gasteiger partial charge in [-0.15, -0.1) is 0 Å². The highest BCUT2D eigenvalue weighted by Gasteiger charge is 2.22. The molecule has 1 fully saturated rings. The van der Waals surface area contributed by atoms with E-state index in [0.717, 1.165) is 49.9 Å². The van der Waals surface area contributed by atoms with Crippen LogP contribution < -0.4 is 5.32 Å². The molecule has 1 aliphatic heterocycles. The highest BCUT2D eigenvalue weighted by molar-refractivity contribution is 5.76. The molecule has 0 radical (unpaired) electrons. The van der Waals surface area contributed by atoms with Gasteiger partial charge in [-0.3, -0.25) is 4.79 Å². The highest BCUT2D eigenvalue weighted by Crippen LogP contribution is 2.30. The zero-order valence-corrected chi connectivity index (χ0v) is 16.3. The minimum absolute atomic E-state index is 0.0630. The lowest BCUT2D eigenvalue weighted by atomic mass is 9.87. The molecule has 28 heavy (non-hydrogen) atoms. The maximum absolute atomic E-state index is 13.3. The van der Waals surface area contributed by atoms with Gasteiger partial charge in [0.15, 0.2) is 0 Å². The second-order valence-corrected chi connectivity index (χ2v) is 7.55. The number of rotatable bonds is 8. The Morgan fingerprint density at radius 3 is 2.11 bits per heavy atom. The first-order chi connectivity index (χ1) is 13.5. The van der Waals surface area contributed by atoms with E-state index >= 15 is 0 Å². The zero-order chi connectivity index (χ0) is 19.9. The van der Waals surface area contributed by atoms with Gasteiger partial charge in [0.2, 0.25) is 5.91 Å². The summed E-state index contributed by atoms with van der Waals surface area (Å²) in [5.41, 5.74) is 2.02. The number of unbranched alkanes of at least 4 members (excludes halogenated alkanes) is 1. The van der Waals surface area contributed by atoms with Gasteiger partial charge in [-0.2, -0.15) is 0 Å². The monoisotopic (exact) mass is 386 g/mol. The zero-order valence-electron chi connectivity index (χ0n) is 16.3. The summed E-state index contributed by atoms with van der Waals surface area (Å²) in [7, 11) is 1.89. The topological polar surface area (TPSA) is 32.3 Å². The molecular formula is C23H28F2N2O. The van der Waals surface area contributed by atoms with Gasteiger partial charge in [-0.1, -0.05) is 30.7 Å². The van der Waals surface area contributed by atoms with Crippen molar-refractivity contribution >= 4 is 5.91 Å². The third-order valence-electron chi connectivity index (χ3n) is 5.65. The fourth-order valence-corrected chi connectivity index (χ4v) is 3.89. The first-order valence-corrected chi connectivity index (χ1v) is 10.0. The molecule has 0 spiro atoms. The van der Waals surface area contributed by atoms with E-state index < -0.39 is 0 Å². The Morgan fingerprint density at radius 2 is 1.61 bits per heavy atom. The van der Waals surface area contributed by atoms with E-state index in [4.69, 9.17) is 0 Å². The number of hydrogen-bond donors (Lipinski definition) is 1. The summed E-state index contributed by atoms with van der Waals surface area (Å²) in [5, 5.41) is 3.29. The summed E-state index contributed by atoms with van der Waals surface area (Å²) < 4.78 is 26.6. The summed E-state index contributed by atoms with van der Waals surface area (Å²) in [6.45, 7) is 1.85. The first-order valence-electron chi connectivity index (χ1n) is 10.0. The standard InChI is InChI=1S/C23H28F2N2O/c1-27(21-14-15-26-16-21)23(28)5-3-2-4-22(17-6-10-19(24)11-7-17)18-8-12-20(25)13-9-18/h6-13,21-22,26H,2-5,14-16H2,1H3. The smallest absolute Gasteiger partial charge is 0.222 e. The predicted molar refractivity (Wildman–Crippen MR) is 107 cm³/mol. The van der Waals surface area contributed by atoms with Gasteiger partial charge in [0, 0.05) is 32.0 Å². The largest absolute Gasteiger partial charge is 0.341 e. The van der Waals surface area contributed by atoms with Crippen LogP contribution in [0.3, 0.4) is 0 Å². The lowest BCUT2D eigenvalue weighted by molar-refractivity contribution is -0.131. The van der Waals surface area contributed by atoms with Crippen molar-refractivity contribution in [1.82, 2.24) is 10.2 Å². The fourth-order valence-electron chi connectivity index (χ4n) is 3.89. The van der Waals surface area contributed by atoms with E-state index in [1.54, 1.807) is 24.3 Å². The van der Waals surface area contributed by atoms with Crippen LogP contribution in [0.15, 0.2) is 48.5 Å². The SMILES string of the molecule is CN(C(=O)CCCCC(c1ccc(F)cc1)c1ccc(F)cc1)C1CCNC1. The molecule has 2 aromatic rings. The Balaban J connectivity index is 1.58. The Kier molecular flexibility index (Phi) is 7.15. The van der Waals surface area contributed by atoms with E-state index in [9.17, 15) is 13.6 Å². The summed E-state index contributed by atoms with van der Waals surface area (Å²) in [6, 6.07) is 13.3. The van der Waals surface area contributed by atoms with Crippen LogP contribution in [0.5, 0.6) is 0 Å². The van der Waals surface area contributed by atoms with E-state index in [2.05, 4.69) is 5.32 Å². The third-order valence-corrected chi connectivity index (χ3v) is 5.65. The molecule has 1 atom stereocenters. The van der Waals surface area contributed by atoms with Gasteiger partial charge in [0.25, 0.3) is 0 Å². The maximum Gasteiger partial charge on any atom is 0.222 e. The van der Waals surface area contributed by atoms with Gasteiger partial charge in [0.1, 0.15) is 11.6 Å². The fraction of sp³-hybridized carbons (Fsp3) is 0.435. The number of nitrogens with zero attached hydrogens (tertiary/aromatic N) is 1. The van der Waals surface area contributed by atoms with Gasteiger partial charge >= 0.3 is 0 Å². The molecule has 1 unspecified atom stereocenters. The van der Waals surface area contributed by atoms with Crippen molar-refractivity contribution in [2.45, 2.75) is 44.1 Å². The van der Waals surface area contributed by atoms with Crippen molar-refractivity contribution in [3.8, 4) is 0 Å². The van der Waals surface area contributed by atoms with Crippen LogP contribution in [0, 0.1) is 11.6 Å². The average molecular weight is 386 g/mol. The predicted octanol–water partition coefficient (Wildman–Crippen LogP) is 4.48. The lowest BCUT2D eigenvalue weighted by Gasteiger charge is -2.24. The molecule has 3 rings (SSSR count). The van der Waals surface area contributed by atoms with Crippen LogP contribution in [0.25, 0.3) is 0 Å². The average Bonchev–Trinajstić information content (AvgIpc) is 3.24. The van der Waals surface area contributed by atoms with Crippen molar-refractivity contribution in [3.05, 3.63) is 71.3 Å². The number of carbonyl (C=O) groups excluding carboxylic acids is 1. The summed E-state index contributed by atoms with van der Waals surface area (Å²) in [6.07, 6.45) is 4.06. The highest BCUT2D eigenvalue weighted by atomic mass is 19.1. The quantitative estimate of drug-likeness (QED) is 0.679. The second-order valence-electron chi connectivity index (χ2n) is 7.55. The number of benzene rings is 2. The second kappa shape index (κ2) is 9.78. The molecule has 1 heterocycles. The Morgan fingerprint density at radius 1 is 1.04 bits per heavy atom. The van der Waals surface area contributed by atoms with E-state index in [0.29, 0.717) is 12.5 Å². The van der Waals surface area contributed by atoms with E-state index in [1.807, 2.05) is 11.9 Å². The minimum Gasteiger partial charge on any atom is -0.341 e. The molecule has 0 saturated carbocycles. The summed E-state index contributed by atoms with van der Waals surface area (Å²) >= 11 is 0. The molecule has 1 aliphatic rings. The summed E-state index contributed by atoms with van der Waals surface area (Å²) in [5.74, 6) is -0.282. The first kappa shape index (κ1) is 20.5. The van der Waals surface area contributed by atoms with Gasteiger partial charge < -0.3 is 10.2 Å². The molecule has 1 saturated heterocycles. The van der Waals surface area contributed by atoms with E-state index in [-0.39, 0.29) is 23.5 Å². The number of nitrogens with one attached hydrogen (secondary N) is 1. The number of halogens is 2. The lowest BCUT2D eigenvalue weighted by Crippen LogP contribution is -2.38. The Labute approximate surface area is 165 Å². The molecule has 0 aliphatic carbocycles. The molecule has 1 N–H and O–H groups in total. The minimum atomic E-state index is -0.267. The summed E-state index contributed by atoms with van der Waals surface area (Å²) in [4.78, 5) is 14.3. The van der Waals surface area contributed by atoms with Crippen LogP contribution in [0.1, 0.15) is 49.1 Å². The molecule has 150 valence electrons. The van der Waals surface area contributed by atoms with Crippen molar-refractivity contribution in [1.29, 1.82) is 0 Å². The van der Waals surface area contributed by atoms with Crippen LogP contribution in [-0.4, -0.2) is 37.0 Å². The molecule has 2 aromatic carbocycles. The molecule has 5 heteroatoms. The molecule has 3 nitrogen and oxygen atoms in total. The van der Waals surface area contributed by atoms with Crippen molar-refractivity contribution in [2.24, 2.45) is 0 Å². The molecule has 1 amide bonds. The molecule has 0 aromatic heterocycles. The van der Waals surface area contributed by atoms with Crippen molar-refractivity contribution < 1.29 is 13.6 Å². The van der Waals surface area contributed by atoms with E-state index in [1.165, 1.54) is 24.3 Å². The Bertz CT molecular complexity index is 710. The number of hydrogen-bond acceptors (Lipinski definition) is 2. The Hall–Kier alpha value is -2.27. The van der Waals surface area contributed by atoms with Crippen LogP contribution in [0.4, 0.5) is 8.78 Å². The number of likely N-dealkylation sites (N-methyl/N-ethyl adjacent to an activating group) is 1. The van der Waals surface area contributed by atoms with Crippen molar-refractivity contribution in [2.75, 3.05) is 20.1 Å². The van der Waals surface area contributed by atoms with Crippen LogP contribution in [0.2, 0.25) is 0 Å². The number of amides is 1. The maximum atomic E-state index is 13.3. The molecule has 0 bridgehead atoms. The number of carbonyl (C=O) groups is 1. The van der Waals surface area contributed by atoms with Gasteiger partial charge in [0.05, 0.1) is 0 Å². The van der Waals surface area contributed by atoms with Crippen molar-refractivity contribution in [3.63, 3.8) is 0 Å². The third kappa shape index (κ3) is 5.38.